The largest absolute Gasteiger partial charge is 0.423 e. The quantitative estimate of drug-likeness (QED) is 0.0922. The highest BCUT2D eigenvalue weighted by atomic mass is 35.5. The Kier molecular flexibility index (Phi) is 8.42. The molecule has 0 saturated carbocycles. The Labute approximate surface area is 240 Å². The fraction of sp³-hybridized carbons (Fsp3) is 0.208. The van der Waals surface area contributed by atoms with Crippen molar-refractivity contribution in [2.24, 2.45) is 5.10 Å². The first-order valence-electron chi connectivity index (χ1n) is 12.2. The van der Waals surface area contributed by atoms with Crippen LogP contribution in [0.3, 0.4) is 0 Å². The number of halogens is 1. The third-order valence-corrected chi connectivity index (χ3v) is 6.30. The number of hydrogen-bond donors (Lipinski definition) is 2. The van der Waals surface area contributed by atoms with Crippen LogP contribution in [-0.2, 0) is 11.3 Å². The second kappa shape index (κ2) is 12.5. The molecule has 0 spiro atoms. The number of hydrazone groups is 1. The molecule has 2 aromatic heterocycles. The molecule has 2 aromatic carbocycles. The number of rotatable bonds is 9. The van der Waals surface area contributed by atoms with Gasteiger partial charge in [0.1, 0.15) is 16.5 Å². The van der Waals surface area contributed by atoms with Crippen LogP contribution >= 0.6 is 11.6 Å². The lowest BCUT2D eigenvalue weighted by Crippen LogP contribution is -2.36. The van der Waals surface area contributed by atoms with E-state index < -0.39 is 22.5 Å². The molecule has 0 radical (unpaired) electrons. The van der Waals surface area contributed by atoms with Gasteiger partial charge in [-0.25, -0.2) is 14.8 Å². The van der Waals surface area contributed by atoms with Gasteiger partial charge in [-0.2, -0.15) is 9.78 Å². The van der Waals surface area contributed by atoms with Gasteiger partial charge in [0.2, 0.25) is 11.6 Å². The van der Waals surface area contributed by atoms with Crippen molar-refractivity contribution in [1.29, 1.82) is 0 Å². The number of nitro benzene ring substituents is 1. The van der Waals surface area contributed by atoms with Gasteiger partial charge in [0.05, 0.1) is 29.9 Å². The van der Waals surface area contributed by atoms with Crippen molar-refractivity contribution in [3.8, 4) is 11.6 Å². The van der Waals surface area contributed by atoms with Gasteiger partial charge < -0.3 is 15.2 Å². The summed E-state index contributed by atoms with van der Waals surface area (Å²) >= 11 is 5.79. The van der Waals surface area contributed by atoms with Crippen LogP contribution in [0, 0.1) is 10.1 Å². The molecule has 0 unspecified atom stereocenters. The fourth-order valence-corrected chi connectivity index (χ4v) is 4.08. The lowest BCUT2D eigenvalue weighted by molar-refractivity contribution is -0.384. The van der Waals surface area contributed by atoms with E-state index in [4.69, 9.17) is 26.8 Å². The van der Waals surface area contributed by atoms with Crippen LogP contribution in [0.1, 0.15) is 32.1 Å². The number of amides is 1. The zero-order chi connectivity index (χ0) is 29.6. The number of hydrogen-bond acceptors (Lipinski definition) is 14. The van der Waals surface area contributed by atoms with E-state index in [2.05, 4.69) is 40.7 Å². The molecule has 5 rings (SSSR count). The Morgan fingerprint density at radius 2 is 1.95 bits per heavy atom. The van der Waals surface area contributed by atoms with Crippen molar-refractivity contribution in [3.63, 3.8) is 0 Å². The first kappa shape index (κ1) is 28.3. The molecule has 3 N–H and O–H groups in total. The summed E-state index contributed by atoms with van der Waals surface area (Å²) in [4.78, 5) is 38.1. The maximum absolute atomic E-state index is 13.2. The predicted octanol–water partition coefficient (Wildman–Crippen LogP) is 1.61. The molecule has 216 valence electrons. The van der Waals surface area contributed by atoms with Crippen molar-refractivity contribution < 1.29 is 28.6 Å². The van der Waals surface area contributed by atoms with Gasteiger partial charge in [-0.05, 0) is 52.3 Å². The first-order chi connectivity index (χ1) is 20.3. The van der Waals surface area contributed by atoms with Gasteiger partial charge in [-0.15, -0.1) is 5.10 Å². The molecule has 1 saturated heterocycles. The van der Waals surface area contributed by atoms with Crippen LogP contribution in [0.25, 0.3) is 5.82 Å². The maximum Gasteiger partial charge on any atom is 0.343 e. The average Bonchev–Trinajstić information content (AvgIpc) is 3.60. The normalized spacial score (nSPS) is 13.7. The lowest BCUT2D eigenvalue weighted by atomic mass is 10.2. The molecule has 42 heavy (non-hydrogen) atoms. The fourth-order valence-electron chi connectivity index (χ4n) is 3.89. The monoisotopic (exact) mass is 596 g/mol. The molecular formula is C24H21ClN10O7. The van der Waals surface area contributed by atoms with Crippen LogP contribution in [0.15, 0.2) is 52.2 Å². The number of anilines is 1. The standard InChI is InChI=1S/C24H21ClN10O7/c25-17-6-3-15(11-19(17)35(38)39)24(37)41-16-4-1-14(2-5-16)12-27-29-23(36)20-18(13-33-7-9-40-10-8-33)28-32-34(20)22-21(26)30-42-31-22/h1-6,11-12H,7-10,13H2,(H2,26,30)(H,29,36)/b27-12-. The maximum atomic E-state index is 13.2. The number of nitro groups is 1. The van der Waals surface area contributed by atoms with E-state index in [-0.39, 0.29) is 33.7 Å². The number of nitrogens with two attached hydrogens (primary N) is 1. The number of morpholine rings is 1. The van der Waals surface area contributed by atoms with Gasteiger partial charge >= 0.3 is 5.97 Å². The lowest BCUT2D eigenvalue weighted by Gasteiger charge is -2.25. The number of aromatic nitrogens is 5. The van der Waals surface area contributed by atoms with Crippen molar-refractivity contribution in [2.45, 2.75) is 6.54 Å². The van der Waals surface area contributed by atoms with Crippen molar-refractivity contribution >= 4 is 41.2 Å². The molecule has 0 atom stereocenters. The van der Waals surface area contributed by atoms with Crippen molar-refractivity contribution in [3.05, 3.63) is 80.1 Å². The summed E-state index contributed by atoms with van der Waals surface area (Å²) in [7, 11) is 0. The van der Waals surface area contributed by atoms with E-state index in [1.54, 1.807) is 12.1 Å². The SMILES string of the molecule is Nc1nonc1-n1nnc(CN2CCOCC2)c1C(=O)N/N=C\c1ccc(OC(=O)c2ccc(Cl)c([N+](=O)[O-])c2)cc1. The average molecular weight is 597 g/mol. The van der Waals surface area contributed by atoms with Crippen molar-refractivity contribution in [1.82, 2.24) is 35.6 Å². The molecule has 0 bridgehead atoms. The highest BCUT2D eigenvalue weighted by molar-refractivity contribution is 6.32. The number of carbonyl (C=O) groups is 2. The molecule has 1 aliphatic rings. The third-order valence-electron chi connectivity index (χ3n) is 5.98. The van der Waals surface area contributed by atoms with Gasteiger partial charge in [-0.3, -0.25) is 19.8 Å². The van der Waals surface area contributed by atoms with Gasteiger partial charge in [0.25, 0.3) is 11.6 Å². The van der Waals surface area contributed by atoms with E-state index in [0.29, 0.717) is 44.1 Å². The molecule has 18 heteroatoms. The Bertz CT molecular complexity index is 1650. The number of nitrogen functional groups attached to an aromatic ring is 1. The topological polar surface area (TPSA) is 219 Å². The van der Waals surface area contributed by atoms with Crippen LogP contribution < -0.4 is 15.9 Å². The number of esters is 1. The van der Waals surface area contributed by atoms with E-state index in [1.165, 1.54) is 30.5 Å². The molecule has 0 aliphatic carbocycles. The minimum Gasteiger partial charge on any atom is -0.423 e. The molecule has 1 aliphatic heterocycles. The molecule has 1 fully saturated rings. The number of nitrogens with one attached hydrogen (secondary N) is 1. The van der Waals surface area contributed by atoms with Crippen LogP contribution in [-0.4, -0.2) is 79.5 Å². The molecule has 1 amide bonds. The third kappa shape index (κ3) is 6.38. The van der Waals surface area contributed by atoms with E-state index >= 15 is 0 Å². The highest BCUT2D eigenvalue weighted by Gasteiger charge is 2.26. The van der Waals surface area contributed by atoms with E-state index in [9.17, 15) is 19.7 Å². The van der Waals surface area contributed by atoms with Crippen molar-refractivity contribution in [2.75, 3.05) is 32.0 Å². The summed E-state index contributed by atoms with van der Waals surface area (Å²) in [6, 6.07) is 9.75. The molecular weight excluding hydrogens is 576 g/mol. The minimum atomic E-state index is -0.801. The Balaban J connectivity index is 1.26. The van der Waals surface area contributed by atoms with Gasteiger partial charge in [0.15, 0.2) is 5.69 Å². The van der Waals surface area contributed by atoms with E-state index in [0.717, 1.165) is 10.7 Å². The number of nitrogens with zero attached hydrogens (tertiary/aromatic N) is 8. The number of carbonyl (C=O) groups excluding carboxylic acids is 2. The van der Waals surface area contributed by atoms with Gasteiger partial charge in [0, 0.05) is 25.7 Å². The summed E-state index contributed by atoms with van der Waals surface area (Å²) < 4.78 is 16.4. The van der Waals surface area contributed by atoms with Crippen LogP contribution in [0.5, 0.6) is 5.75 Å². The second-order valence-corrected chi connectivity index (χ2v) is 9.15. The van der Waals surface area contributed by atoms with E-state index in [1.807, 2.05) is 0 Å². The van der Waals surface area contributed by atoms with Gasteiger partial charge in [-0.1, -0.05) is 16.8 Å². The Morgan fingerprint density at radius 1 is 1.19 bits per heavy atom. The number of benzene rings is 2. The van der Waals surface area contributed by atoms with Crippen LogP contribution in [0.4, 0.5) is 11.5 Å². The zero-order valence-corrected chi connectivity index (χ0v) is 22.3. The zero-order valence-electron chi connectivity index (χ0n) is 21.5. The second-order valence-electron chi connectivity index (χ2n) is 8.74. The summed E-state index contributed by atoms with van der Waals surface area (Å²) in [5.41, 5.74) is 8.76. The highest BCUT2D eigenvalue weighted by Crippen LogP contribution is 2.26. The Morgan fingerprint density at radius 3 is 2.64 bits per heavy atom. The molecule has 3 heterocycles. The summed E-state index contributed by atoms with van der Waals surface area (Å²) in [6.07, 6.45) is 1.37. The molecule has 17 nitrogen and oxygen atoms in total. The minimum absolute atomic E-state index is 0.00296. The number of ether oxygens (including phenoxy) is 2. The smallest absolute Gasteiger partial charge is 0.343 e. The predicted molar refractivity (Wildman–Crippen MR) is 144 cm³/mol. The summed E-state index contributed by atoms with van der Waals surface area (Å²) in [6.45, 7) is 2.75. The molecule has 4 aromatic rings. The van der Waals surface area contributed by atoms with Crippen LogP contribution in [0.2, 0.25) is 5.02 Å². The Hall–Kier alpha value is -5.26. The summed E-state index contributed by atoms with van der Waals surface area (Å²) in [5.74, 6) is -1.33. The summed E-state index contributed by atoms with van der Waals surface area (Å²) in [5, 5.41) is 30.4. The first-order valence-corrected chi connectivity index (χ1v) is 12.6.